The minimum absolute atomic E-state index is 0.439. The Kier molecular flexibility index (Phi) is 4.81. The summed E-state index contributed by atoms with van der Waals surface area (Å²) in [5.41, 5.74) is 1.52. The van der Waals surface area contributed by atoms with Gasteiger partial charge in [-0.25, -0.2) is 0 Å². The molecular weight excluding hydrogens is 160 g/mol. The molecule has 1 aliphatic carbocycles. The van der Waals surface area contributed by atoms with Crippen molar-refractivity contribution in [3.8, 4) is 0 Å². The molecule has 0 N–H and O–H groups in total. The summed E-state index contributed by atoms with van der Waals surface area (Å²) >= 11 is 0. The second kappa shape index (κ2) is 5.95. The van der Waals surface area contributed by atoms with Crippen molar-refractivity contribution >= 4 is 5.78 Å². The Morgan fingerprint density at radius 2 is 2.23 bits per heavy atom. The first-order chi connectivity index (χ1) is 6.33. The molecule has 0 saturated heterocycles. The van der Waals surface area contributed by atoms with Gasteiger partial charge in [0.15, 0.2) is 0 Å². The molecule has 0 spiro atoms. The fraction of sp³-hybridized carbons (Fsp3) is 0.750. The van der Waals surface area contributed by atoms with E-state index >= 15 is 0 Å². The minimum Gasteiger partial charge on any atom is -0.300 e. The maximum absolute atomic E-state index is 11.3. The van der Waals surface area contributed by atoms with E-state index in [0.717, 1.165) is 25.7 Å². The number of allylic oxidation sites excluding steroid dienone is 2. The van der Waals surface area contributed by atoms with Crippen molar-refractivity contribution in [3.63, 3.8) is 0 Å². The lowest BCUT2D eigenvalue weighted by atomic mass is 9.95. The predicted octanol–water partition coefficient (Wildman–Crippen LogP) is 3.64. The summed E-state index contributed by atoms with van der Waals surface area (Å²) in [6, 6.07) is 0. The summed E-state index contributed by atoms with van der Waals surface area (Å²) in [4.78, 5) is 11.3. The fourth-order valence-electron chi connectivity index (χ4n) is 1.84. The Morgan fingerprint density at radius 1 is 1.38 bits per heavy atom. The van der Waals surface area contributed by atoms with E-state index in [1.165, 1.54) is 31.3 Å². The van der Waals surface area contributed by atoms with E-state index in [0.29, 0.717) is 5.78 Å². The molecule has 0 unspecified atom stereocenters. The van der Waals surface area contributed by atoms with Gasteiger partial charge in [-0.15, -0.1) is 0 Å². The van der Waals surface area contributed by atoms with E-state index in [1.54, 1.807) is 0 Å². The van der Waals surface area contributed by atoms with Gasteiger partial charge in [0, 0.05) is 12.8 Å². The molecule has 0 amide bonds. The first-order valence-electron chi connectivity index (χ1n) is 5.52. The molecule has 0 aromatic carbocycles. The van der Waals surface area contributed by atoms with Gasteiger partial charge in [0.2, 0.25) is 0 Å². The number of ketones is 1. The molecule has 0 aromatic heterocycles. The zero-order valence-electron chi connectivity index (χ0n) is 8.64. The lowest BCUT2D eigenvalue weighted by Crippen LogP contribution is -1.99. The molecule has 1 aliphatic rings. The van der Waals surface area contributed by atoms with Crippen molar-refractivity contribution in [1.29, 1.82) is 0 Å². The first kappa shape index (κ1) is 10.5. The smallest absolute Gasteiger partial charge is 0.133 e. The van der Waals surface area contributed by atoms with E-state index in [2.05, 4.69) is 13.0 Å². The number of carbonyl (C=O) groups is 1. The van der Waals surface area contributed by atoms with Crippen molar-refractivity contribution in [2.45, 2.75) is 58.3 Å². The van der Waals surface area contributed by atoms with E-state index < -0.39 is 0 Å². The van der Waals surface area contributed by atoms with Gasteiger partial charge in [0.1, 0.15) is 5.78 Å². The zero-order valence-corrected chi connectivity index (χ0v) is 8.64. The highest BCUT2D eigenvalue weighted by Gasteiger charge is 2.06. The number of hydrogen-bond acceptors (Lipinski definition) is 1. The predicted molar refractivity (Wildman–Crippen MR) is 55.7 cm³/mol. The van der Waals surface area contributed by atoms with Crippen molar-refractivity contribution in [2.24, 2.45) is 0 Å². The third-order valence-electron chi connectivity index (χ3n) is 2.64. The summed E-state index contributed by atoms with van der Waals surface area (Å²) in [6.45, 7) is 2.07. The monoisotopic (exact) mass is 180 g/mol. The van der Waals surface area contributed by atoms with Crippen molar-refractivity contribution in [2.75, 3.05) is 0 Å². The second-order valence-corrected chi connectivity index (χ2v) is 3.90. The van der Waals surface area contributed by atoms with E-state index in [9.17, 15) is 4.79 Å². The fourth-order valence-corrected chi connectivity index (χ4v) is 1.84. The molecule has 0 fully saturated rings. The summed E-state index contributed by atoms with van der Waals surface area (Å²) in [5, 5.41) is 0. The Hall–Kier alpha value is -0.590. The molecule has 0 atom stereocenters. The maximum atomic E-state index is 11.3. The first-order valence-corrected chi connectivity index (χ1v) is 5.52. The SMILES string of the molecule is CCCC(=O)CCC1=CCCCC1. The van der Waals surface area contributed by atoms with Crippen molar-refractivity contribution < 1.29 is 4.79 Å². The van der Waals surface area contributed by atoms with Crippen LogP contribution in [-0.4, -0.2) is 5.78 Å². The number of Topliss-reactive ketones (excluding diaryl/α,β-unsaturated/α-hetero) is 1. The van der Waals surface area contributed by atoms with E-state index in [-0.39, 0.29) is 0 Å². The standard InChI is InChI=1S/C12H20O/c1-2-6-12(13)10-9-11-7-4-3-5-8-11/h7H,2-6,8-10H2,1H3. The molecule has 0 heterocycles. The molecule has 1 heteroatoms. The third kappa shape index (κ3) is 4.25. The quantitative estimate of drug-likeness (QED) is 0.590. The molecule has 0 aliphatic heterocycles. The molecule has 0 saturated carbocycles. The number of carbonyl (C=O) groups excluding carboxylic acids is 1. The maximum Gasteiger partial charge on any atom is 0.133 e. The lowest BCUT2D eigenvalue weighted by molar-refractivity contribution is -0.119. The van der Waals surface area contributed by atoms with Crippen LogP contribution in [0.5, 0.6) is 0 Å². The largest absolute Gasteiger partial charge is 0.300 e. The molecule has 0 aromatic rings. The van der Waals surface area contributed by atoms with Gasteiger partial charge in [0.25, 0.3) is 0 Å². The van der Waals surface area contributed by atoms with Crippen LogP contribution in [0.2, 0.25) is 0 Å². The van der Waals surface area contributed by atoms with Crippen LogP contribution in [0, 0.1) is 0 Å². The third-order valence-corrected chi connectivity index (χ3v) is 2.64. The van der Waals surface area contributed by atoms with Gasteiger partial charge in [0.05, 0.1) is 0 Å². The van der Waals surface area contributed by atoms with Gasteiger partial charge < -0.3 is 0 Å². The van der Waals surface area contributed by atoms with E-state index in [4.69, 9.17) is 0 Å². The zero-order chi connectivity index (χ0) is 9.52. The summed E-state index contributed by atoms with van der Waals surface area (Å²) in [7, 11) is 0. The average Bonchev–Trinajstić information content (AvgIpc) is 2.17. The Morgan fingerprint density at radius 3 is 2.85 bits per heavy atom. The highest BCUT2D eigenvalue weighted by molar-refractivity contribution is 5.78. The highest BCUT2D eigenvalue weighted by Crippen LogP contribution is 2.21. The average molecular weight is 180 g/mol. The minimum atomic E-state index is 0.439. The van der Waals surface area contributed by atoms with Gasteiger partial charge in [-0.1, -0.05) is 18.6 Å². The van der Waals surface area contributed by atoms with E-state index in [1.807, 2.05) is 0 Å². The molecule has 13 heavy (non-hydrogen) atoms. The molecular formula is C12H20O. The van der Waals surface area contributed by atoms with Gasteiger partial charge in [-0.05, 0) is 38.5 Å². The lowest BCUT2D eigenvalue weighted by Gasteiger charge is -2.11. The molecule has 1 nitrogen and oxygen atoms in total. The Labute approximate surface area is 81.2 Å². The number of hydrogen-bond donors (Lipinski definition) is 0. The van der Waals surface area contributed by atoms with Crippen molar-refractivity contribution in [3.05, 3.63) is 11.6 Å². The van der Waals surface area contributed by atoms with Crippen LogP contribution in [0.4, 0.5) is 0 Å². The summed E-state index contributed by atoms with van der Waals surface area (Å²) in [5.74, 6) is 0.439. The van der Waals surface area contributed by atoms with Gasteiger partial charge in [-0.3, -0.25) is 4.79 Å². The van der Waals surface area contributed by atoms with Crippen LogP contribution >= 0.6 is 0 Å². The highest BCUT2D eigenvalue weighted by atomic mass is 16.1. The Bertz CT molecular complexity index is 191. The van der Waals surface area contributed by atoms with Crippen LogP contribution in [0.25, 0.3) is 0 Å². The van der Waals surface area contributed by atoms with Crippen LogP contribution < -0.4 is 0 Å². The van der Waals surface area contributed by atoms with Gasteiger partial charge in [-0.2, -0.15) is 0 Å². The van der Waals surface area contributed by atoms with Crippen LogP contribution in [-0.2, 0) is 4.79 Å². The van der Waals surface area contributed by atoms with Crippen molar-refractivity contribution in [1.82, 2.24) is 0 Å². The van der Waals surface area contributed by atoms with Crippen LogP contribution in [0.15, 0.2) is 11.6 Å². The van der Waals surface area contributed by atoms with Crippen LogP contribution in [0.1, 0.15) is 58.3 Å². The number of rotatable bonds is 5. The topological polar surface area (TPSA) is 17.1 Å². The Balaban J connectivity index is 2.17. The summed E-state index contributed by atoms with van der Waals surface area (Å²) in [6.07, 6.45) is 11.0. The normalized spacial score (nSPS) is 16.8. The molecule has 74 valence electrons. The molecule has 0 bridgehead atoms. The molecule has 0 radical (unpaired) electrons. The molecule has 1 rings (SSSR count). The van der Waals surface area contributed by atoms with Gasteiger partial charge >= 0.3 is 0 Å². The second-order valence-electron chi connectivity index (χ2n) is 3.90. The summed E-state index contributed by atoms with van der Waals surface area (Å²) < 4.78 is 0. The van der Waals surface area contributed by atoms with Crippen LogP contribution in [0.3, 0.4) is 0 Å².